The molecule has 6 nitrogen and oxygen atoms in total. The second-order valence-electron chi connectivity index (χ2n) is 5.07. The summed E-state index contributed by atoms with van der Waals surface area (Å²) in [5, 5.41) is 14.7. The molecule has 1 fully saturated rings. The van der Waals surface area contributed by atoms with Gasteiger partial charge in [0.1, 0.15) is 6.33 Å². The molecule has 1 aromatic carbocycles. The van der Waals surface area contributed by atoms with Crippen LogP contribution in [0, 0.1) is 0 Å². The van der Waals surface area contributed by atoms with E-state index in [1.54, 1.807) is 11.0 Å². The fourth-order valence-electron chi connectivity index (χ4n) is 2.58. The third kappa shape index (κ3) is 2.90. The maximum atomic E-state index is 6.00. The molecule has 3 rings (SSSR count). The van der Waals surface area contributed by atoms with Crippen molar-refractivity contribution in [3.63, 3.8) is 0 Å². The van der Waals surface area contributed by atoms with Gasteiger partial charge >= 0.3 is 0 Å². The summed E-state index contributed by atoms with van der Waals surface area (Å²) in [6.07, 6.45) is 6.19. The van der Waals surface area contributed by atoms with Crippen molar-refractivity contribution < 1.29 is 0 Å². The summed E-state index contributed by atoms with van der Waals surface area (Å²) in [6, 6.07) is 8.94. The van der Waals surface area contributed by atoms with Gasteiger partial charge in [-0.3, -0.25) is 0 Å². The van der Waals surface area contributed by atoms with Crippen molar-refractivity contribution in [2.75, 3.05) is 5.32 Å². The van der Waals surface area contributed by atoms with Crippen molar-refractivity contribution >= 4 is 5.69 Å². The number of tetrazole rings is 1. The first-order valence-corrected chi connectivity index (χ1v) is 6.67. The van der Waals surface area contributed by atoms with Crippen LogP contribution in [0.15, 0.2) is 30.6 Å². The second kappa shape index (κ2) is 5.36. The van der Waals surface area contributed by atoms with Crippen LogP contribution in [-0.2, 0) is 0 Å². The quantitative estimate of drug-likeness (QED) is 0.868. The molecule has 0 saturated heterocycles. The molecule has 2 atom stereocenters. The molecule has 19 heavy (non-hydrogen) atoms. The summed E-state index contributed by atoms with van der Waals surface area (Å²) >= 11 is 0. The molecule has 1 heterocycles. The van der Waals surface area contributed by atoms with E-state index in [0.29, 0.717) is 12.1 Å². The zero-order valence-electron chi connectivity index (χ0n) is 10.7. The minimum absolute atomic E-state index is 0.340. The fourth-order valence-corrected chi connectivity index (χ4v) is 2.58. The van der Waals surface area contributed by atoms with Crippen LogP contribution in [0.1, 0.15) is 25.7 Å². The summed E-state index contributed by atoms with van der Waals surface area (Å²) in [5.74, 6) is 0. The van der Waals surface area contributed by atoms with E-state index in [-0.39, 0.29) is 0 Å². The fraction of sp³-hybridized carbons (Fsp3) is 0.462. The Morgan fingerprint density at radius 3 is 2.74 bits per heavy atom. The monoisotopic (exact) mass is 258 g/mol. The van der Waals surface area contributed by atoms with Gasteiger partial charge in [0.2, 0.25) is 0 Å². The topological polar surface area (TPSA) is 81.6 Å². The van der Waals surface area contributed by atoms with E-state index in [0.717, 1.165) is 24.2 Å². The highest BCUT2D eigenvalue weighted by Crippen LogP contribution is 2.21. The van der Waals surface area contributed by atoms with Crippen LogP contribution in [-0.4, -0.2) is 32.3 Å². The maximum Gasteiger partial charge on any atom is 0.143 e. The van der Waals surface area contributed by atoms with Crippen molar-refractivity contribution in [3.8, 4) is 5.69 Å². The molecule has 0 bridgehead atoms. The Hall–Kier alpha value is -1.95. The zero-order chi connectivity index (χ0) is 13.1. The van der Waals surface area contributed by atoms with Gasteiger partial charge in [-0.1, -0.05) is 0 Å². The predicted octanol–water partition coefficient (Wildman–Crippen LogP) is 1.34. The number of anilines is 1. The highest BCUT2D eigenvalue weighted by molar-refractivity contribution is 5.49. The molecule has 1 aromatic heterocycles. The second-order valence-corrected chi connectivity index (χ2v) is 5.07. The molecule has 0 aliphatic heterocycles. The van der Waals surface area contributed by atoms with Gasteiger partial charge in [0.05, 0.1) is 5.69 Å². The highest BCUT2D eigenvalue weighted by atomic mass is 15.5. The van der Waals surface area contributed by atoms with Crippen molar-refractivity contribution in [1.29, 1.82) is 0 Å². The molecule has 2 unspecified atom stereocenters. The molecule has 2 aromatic rings. The first-order valence-electron chi connectivity index (χ1n) is 6.67. The van der Waals surface area contributed by atoms with Gasteiger partial charge in [-0.25, -0.2) is 4.68 Å². The first kappa shape index (κ1) is 12.1. The van der Waals surface area contributed by atoms with Gasteiger partial charge < -0.3 is 11.1 Å². The summed E-state index contributed by atoms with van der Waals surface area (Å²) in [5.41, 5.74) is 8.08. The molecule has 1 aliphatic rings. The molecule has 1 aliphatic carbocycles. The van der Waals surface area contributed by atoms with Gasteiger partial charge in [-0.2, -0.15) is 0 Å². The Morgan fingerprint density at radius 2 is 2.05 bits per heavy atom. The number of rotatable bonds is 3. The Morgan fingerprint density at radius 1 is 1.21 bits per heavy atom. The Labute approximate surface area is 112 Å². The lowest BCUT2D eigenvalue weighted by Gasteiger charge is -2.28. The molecule has 0 radical (unpaired) electrons. The van der Waals surface area contributed by atoms with Gasteiger partial charge in [0, 0.05) is 17.8 Å². The average molecular weight is 258 g/mol. The molecular formula is C13H18N6. The maximum absolute atomic E-state index is 6.00. The first-order chi connectivity index (χ1) is 9.31. The van der Waals surface area contributed by atoms with E-state index in [9.17, 15) is 0 Å². The summed E-state index contributed by atoms with van der Waals surface area (Å²) in [4.78, 5) is 0. The van der Waals surface area contributed by atoms with Crippen molar-refractivity contribution in [3.05, 3.63) is 30.6 Å². The van der Waals surface area contributed by atoms with Crippen LogP contribution in [0.2, 0.25) is 0 Å². The number of nitrogens with two attached hydrogens (primary N) is 1. The van der Waals surface area contributed by atoms with E-state index in [1.807, 2.05) is 12.1 Å². The molecule has 3 N–H and O–H groups in total. The Kier molecular flexibility index (Phi) is 3.41. The number of hydrogen-bond acceptors (Lipinski definition) is 5. The molecule has 6 heteroatoms. The summed E-state index contributed by atoms with van der Waals surface area (Å²) in [7, 11) is 0. The third-order valence-electron chi connectivity index (χ3n) is 3.57. The molecule has 1 saturated carbocycles. The van der Waals surface area contributed by atoms with Gasteiger partial charge in [0.15, 0.2) is 0 Å². The minimum atomic E-state index is 0.340. The minimum Gasteiger partial charge on any atom is -0.382 e. The molecule has 0 amide bonds. The van der Waals surface area contributed by atoms with Crippen LogP contribution in [0.25, 0.3) is 5.69 Å². The van der Waals surface area contributed by atoms with E-state index in [4.69, 9.17) is 5.73 Å². The van der Waals surface area contributed by atoms with Crippen LogP contribution in [0.5, 0.6) is 0 Å². The lowest BCUT2D eigenvalue weighted by Crippen LogP contribution is -2.34. The van der Waals surface area contributed by atoms with Gasteiger partial charge in [0.25, 0.3) is 0 Å². The number of aromatic nitrogens is 4. The van der Waals surface area contributed by atoms with Crippen LogP contribution in [0.4, 0.5) is 5.69 Å². The van der Waals surface area contributed by atoms with Crippen molar-refractivity contribution in [2.24, 2.45) is 5.73 Å². The smallest absolute Gasteiger partial charge is 0.143 e. The van der Waals surface area contributed by atoms with E-state index in [1.165, 1.54) is 12.8 Å². The number of benzene rings is 1. The average Bonchev–Trinajstić information content (AvgIpc) is 2.94. The van der Waals surface area contributed by atoms with Gasteiger partial charge in [-0.05, 0) is 60.4 Å². The Bertz CT molecular complexity index is 506. The largest absolute Gasteiger partial charge is 0.382 e. The summed E-state index contributed by atoms with van der Waals surface area (Å²) in [6.45, 7) is 0. The van der Waals surface area contributed by atoms with Crippen molar-refractivity contribution in [1.82, 2.24) is 20.2 Å². The van der Waals surface area contributed by atoms with E-state index in [2.05, 4.69) is 33.0 Å². The van der Waals surface area contributed by atoms with Crippen LogP contribution < -0.4 is 11.1 Å². The van der Waals surface area contributed by atoms with Crippen LogP contribution >= 0.6 is 0 Å². The van der Waals surface area contributed by atoms with E-state index >= 15 is 0 Å². The molecule has 100 valence electrons. The Balaban J connectivity index is 1.66. The number of nitrogens with zero attached hydrogens (tertiary/aromatic N) is 4. The van der Waals surface area contributed by atoms with E-state index < -0.39 is 0 Å². The normalized spacial score (nSPS) is 23.2. The van der Waals surface area contributed by atoms with Gasteiger partial charge in [-0.15, -0.1) is 5.10 Å². The summed E-state index contributed by atoms with van der Waals surface area (Å²) < 4.78 is 1.64. The molecule has 0 spiro atoms. The standard InChI is InChI=1S/C13H18N6/c14-10-2-1-3-12(8-10)16-11-4-6-13(7-5-11)19-9-15-17-18-19/h4-7,9-10,12,16H,1-3,8,14H2. The van der Waals surface area contributed by atoms with Crippen LogP contribution in [0.3, 0.4) is 0 Å². The zero-order valence-corrected chi connectivity index (χ0v) is 10.7. The number of hydrogen-bond donors (Lipinski definition) is 2. The SMILES string of the molecule is NC1CCCC(Nc2ccc(-n3cnnn3)cc2)C1. The highest BCUT2D eigenvalue weighted by Gasteiger charge is 2.18. The van der Waals surface area contributed by atoms with Crippen molar-refractivity contribution in [2.45, 2.75) is 37.8 Å². The molecular weight excluding hydrogens is 240 g/mol. The third-order valence-corrected chi connectivity index (χ3v) is 3.57. The lowest BCUT2D eigenvalue weighted by molar-refractivity contribution is 0.409. The lowest BCUT2D eigenvalue weighted by atomic mass is 9.91. The predicted molar refractivity (Wildman–Crippen MR) is 73.0 cm³/mol. The number of nitrogens with one attached hydrogen (secondary N) is 1.